The molecule has 3 N–H and O–H groups in total. The Morgan fingerprint density at radius 1 is 1.23 bits per heavy atom. The highest BCUT2D eigenvalue weighted by Gasteiger charge is 2.06. The largest absolute Gasteiger partial charge is 0.493 e. The van der Waals surface area contributed by atoms with Crippen molar-refractivity contribution in [3.05, 3.63) is 59.2 Å². The van der Waals surface area contributed by atoms with Gasteiger partial charge in [-0.15, -0.1) is 0 Å². The lowest BCUT2D eigenvalue weighted by Gasteiger charge is -2.11. The number of carboxylic acid groups (broad SMARTS) is 1. The van der Waals surface area contributed by atoms with Crippen molar-refractivity contribution in [2.45, 2.75) is 6.61 Å². The van der Waals surface area contributed by atoms with Crippen molar-refractivity contribution in [3.63, 3.8) is 0 Å². The summed E-state index contributed by atoms with van der Waals surface area (Å²) in [4.78, 5) is 10.8. The number of nitrogens with zero attached hydrogens (tertiary/aromatic N) is 1. The topological polar surface area (TPSA) is 94.1 Å². The first-order chi connectivity index (χ1) is 10.6. The number of aromatic carboxylic acids is 1. The number of methoxy groups -OCH3 is 1. The average molecular weight is 300 g/mol. The van der Waals surface area contributed by atoms with Gasteiger partial charge >= 0.3 is 5.97 Å². The molecule has 0 amide bonds. The van der Waals surface area contributed by atoms with E-state index in [-0.39, 0.29) is 5.56 Å². The van der Waals surface area contributed by atoms with Crippen LogP contribution in [0.2, 0.25) is 0 Å². The molecule has 6 nitrogen and oxygen atoms in total. The Morgan fingerprint density at radius 2 is 1.95 bits per heavy atom. The molecule has 2 aromatic carbocycles. The Kier molecular flexibility index (Phi) is 4.98. The van der Waals surface area contributed by atoms with Gasteiger partial charge in [0.25, 0.3) is 0 Å². The van der Waals surface area contributed by atoms with Crippen LogP contribution in [-0.4, -0.2) is 24.4 Å². The number of nitrogens with two attached hydrogens (primary N) is 1. The molecule has 2 rings (SSSR count). The summed E-state index contributed by atoms with van der Waals surface area (Å²) in [5, 5.41) is 12.3. The van der Waals surface area contributed by atoms with E-state index < -0.39 is 5.97 Å². The molecule has 114 valence electrons. The molecule has 0 heterocycles. The average Bonchev–Trinajstić information content (AvgIpc) is 2.54. The van der Waals surface area contributed by atoms with Gasteiger partial charge in [-0.1, -0.05) is 12.1 Å². The number of rotatable bonds is 6. The molecule has 0 saturated carbocycles. The lowest BCUT2D eigenvalue weighted by atomic mass is 10.1. The van der Waals surface area contributed by atoms with Crippen molar-refractivity contribution in [2.75, 3.05) is 7.11 Å². The lowest BCUT2D eigenvalue weighted by Crippen LogP contribution is -2.00. The van der Waals surface area contributed by atoms with Crippen molar-refractivity contribution < 1.29 is 19.4 Å². The summed E-state index contributed by atoms with van der Waals surface area (Å²) in [6, 6.07) is 11.8. The molecule has 0 aliphatic carbocycles. The first kappa shape index (κ1) is 15.4. The van der Waals surface area contributed by atoms with E-state index in [1.54, 1.807) is 43.5 Å². The minimum atomic E-state index is -0.953. The van der Waals surface area contributed by atoms with Gasteiger partial charge in [0.05, 0.1) is 18.9 Å². The Bertz CT molecular complexity index is 681. The molecule has 22 heavy (non-hydrogen) atoms. The second-order valence-electron chi connectivity index (χ2n) is 4.48. The second-order valence-corrected chi connectivity index (χ2v) is 4.48. The van der Waals surface area contributed by atoms with E-state index in [1.807, 2.05) is 6.07 Å². The fraction of sp³-hybridized carbons (Fsp3) is 0.125. The standard InChI is InChI=1S/C16H16N2O4/c1-21-15-8-12(9-18-17)4-7-14(15)22-10-11-2-5-13(6-3-11)16(19)20/h2-9H,10,17H2,1H3,(H,19,20). The highest BCUT2D eigenvalue weighted by molar-refractivity contribution is 5.87. The molecule has 0 unspecified atom stereocenters. The Labute approximate surface area is 127 Å². The van der Waals surface area contributed by atoms with Crippen molar-refractivity contribution in [1.82, 2.24) is 0 Å². The summed E-state index contributed by atoms with van der Waals surface area (Å²) in [6.45, 7) is 0.306. The number of carboxylic acids is 1. The number of hydrogen-bond donors (Lipinski definition) is 2. The number of benzene rings is 2. The SMILES string of the molecule is COc1cc(C=NN)ccc1OCc1ccc(C(=O)O)cc1. The van der Waals surface area contributed by atoms with Gasteiger partial charge in [-0.2, -0.15) is 5.10 Å². The first-order valence-corrected chi connectivity index (χ1v) is 6.50. The molecule has 0 saturated heterocycles. The van der Waals surface area contributed by atoms with Crippen LogP contribution < -0.4 is 15.3 Å². The van der Waals surface area contributed by atoms with Gasteiger partial charge in [-0.05, 0) is 41.5 Å². The van der Waals surface area contributed by atoms with Crippen LogP contribution >= 0.6 is 0 Å². The predicted molar refractivity (Wildman–Crippen MR) is 82.5 cm³/mol. The zero-order chi connectivity index (χ0) is 15.9. The number of hydrazone groups is 1. The third kappa shape index (κ3) is 3.76. The van der Waals surface area contributed by atoms with E-state index >= 15 is 0 Å². The van der Waals surface area contributed by atoms with Crippen LogP contribution in [0.4, 0.5) is 0 Å². The molecule has 2 aromatic rings. The highest BCUT2D eigenvalue weighted by atomic mass is 16.5. The first-order valence-electron chi connectivity index (χ1n) is 6.50. The molecular formula is C16H16N2O4. The number of carbonyl (C=O) groups is 1. The molecule has 0 aliphatic rings. The van der Waals surface area contributed by atoms with Crippen LogP contribution in [0.25, 0.3) is 0 Å². The van der Waals surface area contributed by atoms with Crippen LogP contribution in [0.3, 0.4) is 0 Å². The molecule has 0 aliphatic heterocycles. The van der Waals surface area contributed by atoms with E-state index in [0.717, 1.165) is 11.1 Å². The zero-order valence-corrected chi connectivity index (χ0v) is 12.0. The van der Waals surface area contributed by atoms with Gasteiger partial charge in [-0.3, -0.25) is 0 Å². The van der Waals surface area contributed by atoms with Crippen LogP contribution in [0.15, 0.2) is 47.6 Å². The smallest absolute Gasteiger partial charge is 0.335 e. The number of hydrogen-bond acceptors (Lipinski definition) is 5. The normalized spacial score (nSPS) is 10.6. The maximum atomic E-state index is 10.8. The molecular weight excluding hydrogens is 284 g/mol. The second kappa shape index (κ2) is 7.12. The van der Waals surface area contributed by atoms with E-state index in [9.17, 15) is 4.79 Å². The molecule has 6 heteroatoms. The summed E-state index contributed by atoms with van der Waals surface area (Å²) in [6.07, 6.45) is 1.51. The number of ether oxygens (including phenoxy) is 2. The molecule has 0 atom stereocenters. The van der Waals surface area contributed by atoms with E-state index in [4.69, 9.17) is 20.4 Å². The van der Waals surface area contributed by atoms with Crippen molar-refractivity contribution in [3.8, 4) is 11.5 Å². The quantitative estimate of drug-likeness (QED) is 0.485. The predicted octanol–water partition coefficient (Wildman–Crippen LogP) is 2.27. The monoisotopic (exact) mass is 300 g/mol. The summed E-state index contributed by atoms with van der Waals surface area (Å²) in [7, 11) is 1.55. The third-order valence-corrected chi connectivity index (χ3v) is 3.01. The van der Waals surface area contributed by atoms with Gasteiger partial charge in [0.1, 0.15) is 6.61 Å². The summed E-state index contributed by atoms with van der Waals surface area (Å²) >= 11 is 0. The van der Waals surface area contributed by atoms with E-state index in [2.05, 4.69) is 5.10 Å². The van der Waals surface area contributed by atoms with Crippen molar-refractivity contribution in [1.29, 1.82) is 0 Å². The van der Waals surface area contributed by atoms with Gasteiger partial charge in [-0.25, -0.2) is 4.79 Å². The molecule has 0 fully saturated rings. The maximum Gasteiger partial charge on any atom is 0.335 e. The van der Waals surface area contributed by atoms with E-state index in [1.165, 1.54) is 6.21 Å². The van der Waals surface area contributed by atoms with Crippen LogP contribution in [-0.2, 0) is 6.61 Å². The Morgan fingerprint density at radius 3 is 2.55 bits per heavy atom. The summed E-state index contributed by atoms with van der Waals surface area (Å²) < 4.78 is 11.0. The lowest BCUT2D eigenvalue weighted by molar-refractivity contribution is 0.0697. The third-order valence-electron chi connectivity index (χ3n) is 3.01. The molecule has 0 spiro atoms. The maximum absolute atomic E-state index is 10.8. The minimum absolute atomic E-state index is 0.242. The molecule has 0 aromatic heterocycles. The minimum Gasteiger partial charge on any atom is -0.493 e. The fourth-order valence-corrected chi connectivity index (χ4v) is 1.87. The molecule has 0 radical (unpaired) electrons. The van der Waals surface area contributed by atoms with Gasteiger partial charge < -0.3 is 20.4 Å². The Balaban J connectivity index is 2.09. The van der Waals surface area contributed by atoms with Crippen molar-refractivity contribution in [2.24, 2.45) is 10.9 Å². The zero-order valence-electron chi connectivity index (χ0n) is 12.0. The van der Waals surface area contributed by atoms with E-state index in [0.29, 0.717) is 18.1 Å². The van der Waals surface area contributed by atoms with Gasteiger partial charge in [0.15, 0.2) is 11.5 Å². The van der Waals surface area contributed by atoms with Gasteiger partial charge in [0.2, 0.25) is 0 Å². The van der Waals surface area contributed by atoms with Crippen LogP contribution in [0.5, 0.6) is 11.5 Å². The highest BCUT2D eigenvalue weighted by Crippen LogP contribution is 2.28. The fourth-order valence-electron chi connectivity index (χ4n) is 1.87. The van der Waals surface area contributed by atoms with Crippen LogP contribution in [0.1, 0.15) is 21.5 Å². The summed E-state index contributed by atoms with van der Waals surface area (Å²) in [5.74, 6) is 5.31. The van der Waals surface area contributed by atoms with Crippen LogP contribution in [0, 0.1) is 0 Å². The summed E-state index contributed by atoms with van der Waals surface area (Å²) in [5.41, 5.74) is 1.91. The Hall–Kier alpha value is -3.02. The molecule has 0 bridgehead atoms. The van der Waals surface area contributed by atoms with Crippen molar-refractivity contribution >= 4 is 12.2 Å². The van der Waals surface area contributed by atoms with Gasteiger partial charge in [0, 0.05) is 0 Å².